The fraction of sp³-hybridized carbons (Fsp3) is 0.375. The van der Waals surface area contributed by atoms with Crippen molar-refractivity contribution in [2.24, 2.45) is 0 Å². The number of anilines is 2. The molecular formula is C16H13F5IN7O2. The van der Waals surface area contributed by atoms with E-state index in [0.717, 1.165) is 14.0 Å². The number of aromatic nitrogens is 5. The minimum atomic E-state index is -4.54. The Hall–Kier alpha value is -2.56. The average molecular weight is 557 g/mol. The molecule has 1 N–H and O–H groups in total. The Bertz CT molecular complexity index is 1120. The number of alkyl halides is 5. The van der Waals surface area contributed by atoms with Crippen LogP contribution in [0.15, 0.2) is 24.7 Å². The summed E-state index contributed by atoms with van der Waals surface area (Å²) in [5.74, 6) is -0.818. The van der Waals surface area contributed by atoms with Gasteiger partial charge in [-0.2, -0.15) is 23.4 Å². The van der Waals surface area contributed by atoms with E-state index in [9.17, 15) is 26.7 Å². The van der Waals surface area contributed by atoms with Crippen molar-refractivity contribution in [3.63, 3.8) is 0 Å². The van der Waals surface area contributed by atoms with Crippen LogP contribution in [0.3, 0.4) is 0 Å². The number of nitrogens with zero attached hydrogens (tertiary/aromatic N) is 6. The number of hydrogen-bond acceptors (Lipinski definition) is 6. The van der Waals surface area contributed by atoms with E-state index in [1.54, 1.807) is 22.9 Å². The maximum Gasteiger partial charge on any atom is 0.411 e. The molecule has 1 unspecified atom stereocenters. The van der Waals surface area contributed by atoms with Gasteiger partial charge < -0.3 is 15.0 Å². The summed E-state index contributed by atoms with van der Waals surface area (Å²) in [5, 5.41) is 9.87. The van der Waals surface area contributed by atoms with Gasteiger partial charge in [0.15, 0.2) is 11.3 Å². The van der Waals surface area contributed by atoms with E-state index in [1.807, 2.05) is 0 Å². The van der Waals surface area contributed by atoms with E-state index in [2.05, 4.69) is 20.5 Å². The molecule has 3 aromatic heterocycles. The minimum Gasteiger partial charge on any atom is -0.377 e. The number of carbonyl (C=O) groups is 1. The molecule has 4 heterocycles. The number of nitrogens with one attached hydrogen (secondary N) is 1. The Labute approximate surface area is 184 Å². The molecule has 1 fully saturated rings. The number of rotatable bonds is 4. The highest BCUT2D eigenvalue weighted by molar-refractivity contribution is 14.1. The maximum absolute atomic E-state index is 13.4. The maximum atomic E-state index is 13.4. The molecule has 166 valence electrons. The van der Waals surface area contributed by atoms with Crippen molar-refractivity contribution in [3.05, 3.63) is 35.9 Å². The Morgan fingerprint density at radius 2 is 2.13 bits per heavy atom. The number of amides is 1. The van der Waals surface area contributed by atoms with Gasteiger partial charge in [0.2, 0.25) is 0 Å². The molecule has 1 atom stereocenters. The molecule has 1 aliphatic heterocycles. The minimum absolute atomic E-state index is 0.0129. The lowest BCUT2D eigenvalue weighted by molar-refractivity contribution is -0.167. The summed E-state index contributed by atoms with van der Waals surface area (Å²) in [6.07, 6.45) is -3.74. The highest BCUT2D eigenvalue weighted by Crippen LogP contribution is 2.31. The normalized spacial score (nSPS) is 17.5. The predicted molar refractivity (Wildman–Crippen MR) is 106 cm³/mol. The lowest BCUT2D eigenvalue weighted by atomic mass is 10.2. The fourth-order valence-electron chi connectivity index (χ4n) is 3.13. The zero-order valence-electron chi connectivity index (χ0n) is 15.4. The van der Waals surface area contributed by atoms with Crippen LogP contribution in [0, 0.1) is 0 Å². The molecule has 9 nitrogen and oxygen atoms in total. The van der Waals surface area contributed by atoms with Crippen LogP contribution in [0.5, 0.6) is 0 Å². The zero-order valence-corrected chi connectivity index (χ0v) is 17.5. The lowest BCUT2D eigenvalue weighted by Gasteiger charge is -2.37. The van der Waals surface area contributed by atoms with Gasteiger partial charge in [0.25, 0.3) is 12.3 Å². The standard InChI is InChI=1S/C16H13F5IN7O2/c17-13(18)12-9(6-29(22)26-12)24-15(30)8-5-23-28-2-1-11(25-14(8)28)27-3-4-31-7-10(27)16(19,20)21/h1-2,5-6,10,13H,3-4,7H2,(H,24,30). The summed E-state index contributed by atoms with van der Waals surface area (Å²) in [4.78, 5) is 17.9. The van der Waals surface area contributed by atoms with Crippen molar-refractivity contribution in [2.45, 2.75) is 18.6 Å². The van der Waals surface area contributed by atoms with Gasteiger partial charge in [-0.25, -0.2) is 21.2 Å². The highest BCUT2D eigenvalue weighted by atomic mass is 127. The third kappa shape index (κ3) is 4.28. The van der Waals surface area contributed by atoms with Crippen LogP contribution in [0.1, 0.15) is 22.5 Å². The predicted octanol–water partition coefficient (Wildman–Crippen LogP) is 3.08. The molecule has 1 amide bonds. The van der Waals surface area contributed by atoms with Crippen LogP contribution in [0.2, 0.25) is 0 Å². The van der Waals surface area contributed by atoms with Gasteiger partial charge in [0.1, 0.15) is 17.4 Å². The van der Waals surface area contributed by atoms with Crippen LogP contribution in [0.4, 0.5) is 33.5 Å². The molecule has 15 heteroatoms. The first-order chi connectivity index (χ1) is 14.6. The molecule has 31 heavy (non-hydrogen) atoms. The topological polar surface area (TPSA) is 89.6 Å². The van der Waals surface area contributed by atoms with Crippen molar-refractivity contribution in [1.82, 2.24) is 22.6 Å². The number of fused-ring (bicyclic) bond motifs is 1. The second-order valence-electron chi connectivity index (χ2n) is 6.51. The summed E-state index contributed by atoms with van der Waals surface area (Å²) >= 11 is 1.66. The first-order valence-corrected chi connectivity index (χ1v) is 9.72. The van der Waals surface area contributed by atoms with Crippen molar-refractivity contribution in [3.8, 4) is 0 Å². The van der Waals surface area contributed by atoms with Crippen LogP contribution >= 0.6 is 22.9 Å². The number of ether oxygens (including phenoxy) is 1. The third-order valence-corrected chi connectivity index (χ3v) is 5.06. The SMILES string of the molecule is O=C(Nc1cn(I)nc1C(F)F)c1cnn2ccc(N3CCOCC3C(F)(F)F)nc12. The van der Waals surface area contributed by atoms with Crippen molar-refractivity contribution >= 4 is 45.9 Å². The fourth-order valence-corrected chi connectivity index (χ4v) is 3.65. The van der Waals surface area contributed by atoms with Gasteiger partial charge in [-0.3, -0.25) is 4.79 Å². The van der Waals surface area contributed by atoms with Crippen LogP contribution < -0.4 is 10.2 Å². The van der Waals surface area contributed by atoms with Gasteiger partial charge in [0, 0.05) is 12.7 Å². The van der Waals surface area contributed by atoms with E-state index < -0.39 is 36.9 Å². The molecule has 1 aliphatic rings. The molecular weight excluding hydrogens is 544 g/mol. The first kappa shape index (κ1) is 21.7. The second kappa shape index (κ2) is 8.18. The number of carbonyl (C=O) groups excluding carboxylic acids is 1. The van der Waals surface area contributed by atoms with E-state index >= 15 is 0 Å². The molecule has 0 radical (unpaired) electrons. The third-order valence-electron chi connectivity index (χ3n) is 4.57. The average Bonchev–Trinajstić information content (AvgIpc) is 3.30. The smallest absolute Gasteiger partial charge is 0.377 e. The van der Waals surface area contributed by atoms with Gasteiger partial charge in [-0.1, -0.05) is 0 Å². The van der Waals surface area contributed by atoms with Gasteiger partial charge >= 0.3 is 6.18 Å². The van der Waals surface area contributed by atoms with Crippen molar-refractivity contribution in [1.29, 1.82) is 0 Å². The van der Waals surface area contributed by atoms with Crippen molar-refractivity contribution < 1.29 is 31.5 Å². The number of morpholine rings is 1. The van der Waals surface area contributed by atoms with Crippen LogP contribution in [-0.2, 0) is 4.74 Å². The van der Waals surface area contributed by atoms with Crippen molar-refractivity contribution in [2.75, 3.05) is 30.0 Å². The largest absolute Gasteiger partial charge is 0.411 e. The van der Waals surface area contributed by atoms with E-state index in [-0.39, 0.29) is 35.9 Å². The summed E-state index contributed by atoms with van der Waals surface area (Å²) in [6.45, 7) is -0.502. The van der Waals surface area contributed by atoms with Crippen LogP contribution in [-0.4, -0.2) is 60.5 Å². The Morgan fingerprint density at radius 3 is 2.84 bits per heavy atom. The molecule has 0 saturated carbocycles. The number of hydrogen-bond donors (Lipinski definition) is 1. The van der Waals surface area contributed by atoms with E-state index in [1.165, 1.54) is 23.0 Å². The van der Waals surface area contributed by atoms with Gasteiger partial charge in [-0.15, -0.1) is 0 Å². The quantitative estimate of drug-likeness (QED) is 0.392. The Morgan fingerprint density at radius 1 is 1.35 bits per heavy atom. The van der Waals surface area contributed by atoms with Crippen LogP contribution in [0.25, 0.3) is 5.65 Å². The molecule has 0 spiro atoms. The number of halogens is 6. The summed E-state index contributed by atoms with van der Waals surface area (Å²) in [6, 6.07) is -0.541. The molecule has 1 saturated heterocycles. The summed E-state index contributed by atoms with van der Waals surface area (Å²) in [7, 11) is 0. The zero-order chi connectivity index (χ0) is 22.3. The van der Waals surface area contributed by atoms with Gasteiger partial charge in [0.05, 0.1) is 54.2 Å². The molecule has 0 aliphatic carbocycles. The Balaban J connectivity index is 1.67. The molecule has 0 aromatic carbocycles. The van der Waals surface area contributed by atoms with E-state index in [4.69, 9.17) is 4.74 Å². The summed E-state index contributed by atoms with van der Waals surface area (Å²) in [5.41, 5.74) is -0.938. The second-order valence-corrected chi connectivity index (χ2v) is 7.50. The van der Waals surface area contributed by atoms with Gasteiger partial charge in [-0.05, 0) is 6.07 Å². The monoisotopic (exact) mass is 557 g/mol. The summed E-state index contributed by atoms with van der Waals surface area (Å²) < 4.78 is 73.6. The molecule has 3 aromatic rings. The Kier molecular flexibility index (Phi) is 5.71. The lowest BCUT2D eigenvalue weighted by Crippen LogP contribution is -2.54. The highest BCUT2D eigenvalue weighted by Gasteiger charge is 2.46. The first-order valence-electron chi connectivity index (χ1n) is 8.76. The molecule has 0 bridgehead atoms. The molecule has 4 rings (SSSR count). The van der Waals surface area contributed by atoms with E-state index in [0.29, 0.717) is 0 Å².